The summed E-state index contributed by atoms with van der Waals surface area (Å²) in [6.07, 6.45) is 10.3. The van der Waals surface area contributed by atoms with Gasteiger partial charge in [0, 0.05) is 12.0 Å². The maximum atomic E-state index is 11.6. The molecule has 3 rings (SSSR count). The summed E-state index contributed by atoms with van der Waals surface area (Å²) in [7, 11) is 0. The average molecular weight is 259 g/mol. The molecule has 2 aliphatic carbocycles. The molecular weight excluding hydrogens is 238 g/mol. The third-order valence-corrected chi connectivity index (χ3v) is 3.94. The summed E-state index contributed by atoms with van der Waals surface area (Å²) in [6, 6.07) is 4.45. The molecule has 4 heteroatoms. The van der Waals surface area contributed by atoms with Crippen LogP contribution < -0.4 is 10.6 Å². The first-order valence-electron chi connectivity index (χ1n) is 7.35. The van der Waals surface area contributed by atoms with E-state index in [4.69, 9.17) is 0 Å². The minimum absolute atomic E-state index is 0.134. The van der Waals surface area contributed by atoms with Crippen LogP contribution in [0.2, 0.25) is 0 Å². The quantitative estimate of drug-likeness (QED) is 0.873. The molecule has 0 aliphatic heterocycles. The smallest absolute Gasteiger partial charge is 0.227 e. The number of nitrogens with zero attached hydrogens (tertiary/aromatic N) is 1. The van der Waals surface area contributed by atoms with Gasteiger partial charge in [-0.1, -0.05) is 19.3 Å². The molecule has 1 heterocycles. The number of aromatic nitrogens is 1. The zero-order valence-electron chi connectivity index (χ0n) is 11.2. The summed E-state index contributed by atoms with van der Waals surface area (Å²) in [4.78, 5) is 16.0. The molecule has 0 saturated heterocycles. The molecule has 0 atom stereocenters. The lowest BCUT2D eigenvalue weighted by molar-refractivity contribution is -0.117. The fourth-order valence-corrected chi connectivity index (χ4v) is 2.60. The molecule has 102 valence electrons. The van der Waals surface area contributed by atoms with E-state index in [1.54, 1.807) is 6.20 Å². The van der Waals surface area contributed by atoms with Crippen molar-refractivity contribution in [2.75, 3.05) is 10.6 Å². The van der Waals surface area contributed by atoms with Crippen LogP contribution in [0.25, 0.3) is 0 Å². The number of amides is 1. The molecule has 1 aromatic heterocycles. The molecule has 1 amide bonds. The van der Waals surface area contributed by atoms with Crippen LogP contribution in [-0.4, -0.2) is 16.9 Å². The molecular formula is C15H21N3O. The fraction of sp³-hybridized carbons (Fsp3) is 0.600. The highest BCUT2D eigenvalue weighted by Crippen LogP contribution is 2.30. The first kappa shape index (κ1) is 12.5. The van der Waals surface area contributed by atoms with Crippen molar-refractivity contribution < 1.29 is 4.79 Å². The van der Waals surface area contributed by atoms with E-state index in [-0.39, 0.29) is 11.8 Å². The lowest BCUT2D eigenvalue weighted by atomic mass is 9.95. The Morgan fingerprint density at radius 3 is 2.53 bits per heavy atom. The van der Waals surface area contributed by atoms with E-state index in [0.29, 0.717) is 6.04 Å². The van der Waals surface area contributed by atoms with Crippen LogP contribution in [0.15, 0.2) is 18.3 Å². The fourth-order valence-electron chi connectivity index (χ4n) is 2.60. The minimum atomic E-state index is 0.134. The second-order valence-electron chi connectivity index (χ2n) is 5.67. The van der Waals surface area contributed by atoms with Gasteiger partial charge in [0.1, 0.15) is 5.82 Å². The average Bonchev–Trinajstić information content (AvgIpc) is 3.27. The summed E-state index contributed by atoms with van der Waals surface area (Å²) in [5.41, 5.74) is 0.797. The second-order valence-corrected chi connectivity index (χ2v) is 5.67. The largest absolute Gasteiger partial charge is 0.367 e. The molecule has 2 N–H and O–H groups in total. The van der Waals surface area contributed by atoms with E-state index in [0.717, 1.165) is 24.3 Å². The summed E-state index contributed by atoms with van der Waals surface area (Å²) < 4.78 is 0. The zero-order valence-corrected chi connectivity index (χ0v) is 11.2. The molecule has 0 radical (unpaired) electrons. The molecule has 4 nitrogen and oxygen atoms in total. The lowest BCUT2D eigenvalue weighted by Gasteiger charge is -2.23. The van der Waals surface area contributed by atoms with Crippen molar-refractivity contribution in [2.24, 2.45) is 5.92 Å². The summed E-state index contributed by atoms with van der Waals surface area (Å²) in [6.45, 7) is 0. The number of anilines is 2. The second kappa shape index (κ2) is 5.59. The molecule has 0 aromatic carbocycles. The number of nitrogens with one attached hydrogen (secondary N) is 2. The van der Waals surface area contributed by atoms with Crippen molar-refractivity contribution in [1.82, 2.24) is 4.98 Å². The van der Waals surface area contributed by atoms with E-state index in [2.05, 4.69) is 15.6 Å². The molecule has 2 aliphatic rings. The summed E-state index contributed by atoms with van der Waals surface area (Å²) in [5.74, 6) is 1.28. The number of pyridine rings is 1. The monoisotopic (exact) mass is 259 g/mol. The van der Waals surface area contributed by atoms with Crippen LogP contribution >= 0.6 is 0 Å². The molecule has 0 unspecified atom stereocenters. The summed E-state index contributed by atoms with van der Waals surface area (Å²) >= 11 is 0. The number of rotatable bonds is 4. The van der Waals surface area contributed by atoms with Gasteiger partial charge in [-0.2, -0.15) is 0 Å². The maximum absolute atomic E-state index is 11.6. The van der Waals surface area contributed by atoms with Gasteiger partial charge < -0.3 is 10.6 Å². The van der Waals surface area contributed by atoms with Gasteiger partial charge in [0.15, 0.2) is 0 Å². The standard InChI is InChI=1S/C15H21N3O/c19-15(11-6-7-11)18-13-8-9-14(16-10-13)17-12-4-2-1-3-5-12/h8-12H,1-7H2,(H,16,17)(H,18,19). The van der Waals surface area contributed by atoms with Crippen molar-refractivity contribution in [3.8, 4) is 0 Å². The predicted molar refractivity (Wildman–Crippen MR) is 76.1 cm³/mol. The normalized spacial score (nSPS) is 20.0. The first-order valence-corrected chi connectivity index (χ1v) is 7.35. The third-order valence-electron chi connectivity index (χ3n) is 3.94. The van der Waals surface area contributed by atoms with E-state index in [1.807, 2.05) is 12.1 Å². The van der Waals surface area contributed by atoms with Gasteiger partial charge in [-0.15, -0.1) is 0 Å². The summed E-state index contributed by atoms with van der Waals surface area (Å²) in [5, 5.41) is 6.38. The van der Waals surface area contributed by atoms with Crippen LogP contribution in [-0.2, 0) is 4.79 Å². The van der Waals surface area contributed by atoms with Gasteiger partial charge in [0.2, 0.25) is 5.91 Å². The van der Waals surface area contributed by atoms with Crippen molar-refractivity contribution in [3.05, 3.63) is 18.3 Å². The Morgan fingerprint density at radius 2 is 1.89 bits per heavy atom. The molecule has 0 bridgehead atoms. The number of hydrogen-bond donors (Lipinski definition) is 2. The van der Waals surface area contributed by atoms with E-state index < -0.39 is 0 Å². The molecule has 2 fully saturated rings. The lowest BCUT2D eigenvalue weighted by Crippen LogP contribution is -2.22. The number of carbonyl (C=O) groups is 1. The Hall–Kier alpha value is -1.58. The van der Waals surface area contributed by atoms with Crippen LogP contribution in [0, 0.1) is 5.92 Å². The van der Waals surface area contributed by atoms with Crippen molar-refractivity contribution >= 4 is 17.4 Å². The topological polar surface area (TPSA) is 54.0 Å². The Balaban J connectivity index is 1.54. The van der Waals surface area contributed by atoms with Crippen LogP contribution in [0.3, 0.4) is 0 Å². The number of carbonyl (C=O) groups excluding carboxylic acids is 1. The Labute approximate surface area is 114 Å². The highest BCUT2D eigenvalue weighted by molar-refractivity contribution is 5.93. The zero-order chi connectivity index (χ0) is 13.1. The molecule has 1 aromatic rings. The molecule has 0 spiro atoms. The minimum Gasteiger partial charge on any atom is -0.367 e. The van der Waals surface area contributed by atoms with Gasteiger partial charge in [0.25, 0.3) is 0 Å². The van der Waals surface area contributed by atoms with E-state index >= 15 is 0 Å². The highest BCUT2D eigenvalue weighted by Gasteiger charge is 2.29. The van der Waals surface area contributed by atoms with Crippen LogP contribution in [0.4, 0.5) is 11.5 Å². The van der Waals surface area contributed by atoms with E-state index in [9.17, 15) is 4.79 Å². The van der Waals surface area contributed by atoms with Gasteiger partial charge in [-0.25, -0.2) is 4.98 Å². The van der Waals surface area contributed by atoms with E-state index in [1.165, 1.54) is 32.1 Å². The third kappa shape index (κ3) is 3.46. The maximum Gasteiger partial charge on any atom is 0.227 e. The first-order chi connectivity index (χ1) is 9.31. The molecule has 2 saturated carbocycles. The highest BCUT2D eigenvalue weighted by atomic mass is 16.2. The van der Waals surface area contributed by atoms with Crippen LogP contribution in [0.5, 0.6) is 0 Å². The van der Waals surface area contributed by atoms with Gasteiger partial charge in [-0.05, 0) is 37.8 Å². The Morgan fingerprint density at radius 1 is 1.11 bits per heavy atom. The van der Waals surface area contributed by atoms with Crippen LogP contribution in [0.1, 0.15) is 44.9 Å². The molecule has 19 heavy (non-hydrogen) atoms. The SMILES string of the molecule is O=C(Nc1ccc(NC2CCCCC2)nc1)C1CC1. The van der Waals surface area contributed by atoms with Gasteiger partial charge in [-0.3, -0.25) is 4.79 Å². The Kier molecular flexibility index (Phi) is 3.67. The van der Waals surface area contributed by atoms with Crippen molar-refractivity contribution in [2.45, 2.75) is 51.0 Å². The van der Waals surface area contributed by atoms with Gasteiger partial charge in [0.05, 0.1) is 11.9 Å². The van der Waals surface area contributed by atoms with Crippen molar-refractivity contribution in [1.29, 1.82) is 0 Å². The van der Waals surface area contributed by atoms with Crippen molar-refractivity contribution in [3.63, 3.8) is 0 Å². The van der Waals surface area contributed by atoms with Gasteiger partial charge >= 0.3 is 0 Å². The Bertz CT molecular complexity index is 433. The predicted octanol–water partition coefficient (Wildman–Crippen LogP) is 3.17. The number of hydrogen-bond acceptors (Lipinski definition) is 3.